The number of likely N-dealkylation sites (N-methyl/N-ethyl adjacent to an activating group) is 1. The molecule has 8 heteroatoms. The maximum absolute atomic E-state index is 12.8. The van der Waals surface area contributed by atoms with Gasteiger partial charge in [-0.2, -0.15) is 10.4 Å². The van der Waals surface area contributed by atoms with Crippen LogP contribution in [-0.2, 0) is 15.7 Å². The zero-order valence-electron chi connectivity index (χ0n) is 19.4. The molecule has 2 N–H and O–H groups in total. The van der Waals surface area contributed by atoms with Gasteiger partial charge < -0.3 is 15.5 Å². The molecule has 0 aliphatic carbocycles. The Balaban J connectivity index is 2.11. The number of nitriles is 1. The molecule has 3 amide bonds. The summed E-state index contributed by atoms with van der Waals surface area (Å²) in [6.45, 7) is 14.3. The predicted molar refractivity (Wildman–Crippen MR) is 122 cm³/mol. The number of urea groups is 1. The fourth-order valence-electron chi connectivity index (χ4n) is 2.86. The van der Waals surface area contributed by atoms with Gasteiger partial charge in [-0.05, 0) is 52.0 Å². The number of hydrogen-bond donors (Lipinski definition) is 2. The van der Waals surface area contributed by atoms with Crippen molar-refractivity contribution in [2.45, 2.75) is 59.4 Å². The van der Waals surface area contributed by atoms with Crippen molar-refractivity contribution in [2.24, 2.45) is 0 Å². The van der Waals surface area contributed by atoms with E-state index in [1.807, 2.05) is 39.8 Å². The number of rotatable bonds is 5. The topological polar surface area (TPSA) is 103 Å². The molecule has 0 fully saturated rings. The van der Waals surface area contributed by atoms with E-state index in [0.717, 1.165) is 5.69 Å². The van der Waals surface area contributed by atoms with Crippen LogP contribution in [0.25, 0.3) is 0 Å². The zero-order valence-corrected chi connectivity index (χ0v) is 19.4. The zero-order chi connectivity index (χ0) is 23.4. The Kier molecular flexibility index (Phi) is 7.11. The van der Waals surface area contributed by atoms with E-state index in [4.69, 9.17) is 10.4 Å². The highest BCUT2D eigenvalue weighted by Gasteiger charge is 2.26. The quantitative estimate of drug-likeness (QED) is 0.747. The van der Waals surface area contributed by atoms with E-state index >= 15 is 0 Å². The number of aromatic nitrogens is 2. The maximum atomic E-state index is 12.8. The molecule has 0 saturated carbocycles. The van der Waals surface area contributed by atoms with Crippen molar-refractivity contribution in [1.29, 1.82) is 5.26 Å². The molecular weight excluding hydrogens is 392 g/mol. The standard InChI is InChI=1S/C23H32N6O2/c1-8-28(21(31)25-17-11-9-16(14-24)10-12-17)15-20(30)26-19-13-18(22(2,3)4)27-29(19)23(5,6)7/h9-13H,8,15H2,1-7H3,(H,25,31)(H,26,30). The molecule has 0 aliphatic heterocycles. The van der Waals surface area contributed by atoms with E-state index in [1.165, 1.54) is 4.90 Å². The van der Waals surface area contributed by atoms with Gasteiger partial charge in [-0.1, -0.05) is 20.8 Å². The van der Waals surface area contributed by atoms with E-state index in [2.05, 4.69) is 31.4 Å². The van der Waals surface area contributed by atoms with Gasteiger partial charge in [0.2, 0.25) is 5.91 Å². The van der Waals surface area contributed by atoms with Crippen LogP contribution in [0.15, 0.2) is 30.3 Å². The van der Waals surface area contributed by atoms with Crippen LogP contribution < -0.4 is 10.6 Å². The fourth-order valence-corrected chi connectivity index (χ4v) is 2.86. The van der Waals surface area contributed by atoms with E-state index in [1.54, 1.807) is 28.9 Å². The molecule has 0 atom stereocenters. The minimum Gasteiger partial charge on any atom is -0.315 e. The van der Waals surface area contributed by atoms with Crippen molar-refractivity contribution in [3.8, 4) is 6.07 Å². The number of anilines is 2. The number of nitrogens with one attached hydrogen (secondary N) is 2. The molecule has 166 valence electrons. The van der Waals surface area contributed by atoms with Crippen molar-refractivity contribution >= 4 is 23.4 Å². The lowest BCUT2D eigenvalue weighted by molar-refractivity contribution is -0.116. The van der Waals surface area contributed by atoms with E-state index in [-0.39, 0.29) is 29.4 Å². The van der Waals surface area contributed by atoms with E-state index < -0.39 is 0 Å². The monoisotopic (exact) mass is 424 g/mol. The van der Waals surface area contributed by atoms with Crippen LogP contribution in [0.1, 0.15) is 59.7 Å². The Hall–Kier alpha value is -3.34. The molecule has 0 spiro atoms. The Morgan fingerprint density at radius 2 is 1.71 bits per heavy atom. The first-order valence-corrected chi connectivity index (χ1v) is 10.3. The summed E-state index contributed by atoms with van der Waals surface area (Å²) >= 11 is 0. The molecule has 1 aromatic carbocycles. The summed E-state index contributed by atoms with van der Waals surface area (Å²) in [6, 6.07) is 10.1. The average Bonchev–Trinajstić information content (AvgIpc) is 3.11. The minimum absolute atomic E-state index is 0.0984. The van der Waals surface area contributed by atoms with Gasteiger partial charge in [0, 0.05) is 23.7 Å². The third-order valence-electron chi connectivity index (χ3n) is 4.65. The first kappa shape index (κ1) is 23.9. The molecule has 0 aliphatic rings. The second-order valence-electron chi connectivity index (χ2n) is 9.43. The third kappa shape index (κ3) is 6.32. The number of hydrogen-bond acceptors (Lipinski definition) is 4. The van der Waals surface area contributed by atoms with Crippen LogP contribution in [0.4, 0.5) is 16.3 Å². The molecule has 0 saturated heterocycles. The second kappa shape index (κ2) is 9.21. The normalized spacial score (nSPS) is 11.5. The highest BCUT2D eigenvalue weighted by Crippen LogP contribution is 2.28. The van der Waals surface area contributed by atoms with Gasteiger partial charge in [0.15, 0.2) is 0 Å². The Morgan fingerprint density at radius 3 is 2.19 bits per heavy atom. The van der Waals surface area contributed by atoms with Gasteiger partial charge in [0.1, 0.15) is 12.4 Å². The lowest BCUT2D eigenvalue weighted by Gasteiger charge is -2.24. The Labute approximate surface area is 184 Å². The second-order valence-corrected chi connectivity index (χ2v) is 9.43. The third-order valence-corrected chi connectivity index (χ3v) is 4.65. The average molecular weight is 425 g/mol. The SMILES string of the molecule is CCN(CC(=O)Nc1cc(C(C)(C)C)nn1C(C)(C)C)C(=O)Nc1ccc(C#N)cc1. The molecular formula is C23H32N6O2. The van der Waals surface area contributed by atoms with Gasteiger partial charge in [-0.3, -0.25) is 4.79 Å². The van der Waals surface area contributed by atoms with E-state index in [0.29, 0.717) is 23.6 Å². The summed E-state index contributed by atoms with van der Waals surface area (Å²) in [6.07, 6.45) is 0. The summed E-state index contributed by atoms with van der Waals surface area (Å²) in [7, 11) is 0. The smallest absolute Gasteiger partial charge is 0.315 e. The number of carbonyl (C=O) groups excluding carboxylic acids is 2. The molecule has 8 nitrogen and oxygen atoms in total. The summed E-state index contributed by atoms with van der Waals surface area (Å²) in [5.74, 6) is 0.300. The van der Waals surface area contributed by atoms with Gasteiger partial charge in [0.25, 0.3) is 0 Å². The Morgan fingerprint density at radius 1 is 1.10 bits per heavy atom. The number of benzene rings is 1. The fraction of sp³-hybridized carbons (Fsp3) is 0.478. The largest absolute Gasteiger partial charge is 0.322 e. The minimum atomic E-state index is -0.387. The van der Waals surface area contributed by atoms with Gasteiger partial charge in [0.05, 0.1) is 22.9 Å². The molecule has 0 radical (unpaired) electrons. The van der Waals surface area contributed by atoms with Gasteiger partial charge in [-0.25, -0.2) is 9.48 Å². The van der Waals surface area contributed by atoms with Crippen molar-refractivity contribution in [2.75, 3.05) is 23.7 Å². The van der Waals surface area contributed by atoms with Crippen molar-refractivity contribution in [3.05, 3.63) is 41.6 Å². The van der Waals surface area contributed by atoms with Gasteiger partial charge >= 0.3 is 6.03 Å². The molecule has 0 bridgehead atoms. The summed E-state index contributed by atoms with van der Waals surface area (Å²) in [5, 5.41) is 19.2. The Bertz CT molecular complexity index is 971. The first-order chi connectivity index (χ1) is 14.3. The number of amides is 3. The summed E-state index contributed by atoms with van der Waals surface area (Å²) in [4.78, 5) is 26.8. The number of carbonyl (C=O) groups is 2. The first-order valence-electron chi connectivity index (χ1n) is 10.3. The van der Waals surface area contributed by atoms with Crippen LogP contribution in [-0.4, -0.2) is 39.7 Å². The highest BCUT2D eigenvalue weighted by molar-refractivity contribution is 5.96. The van der Waals surface area contributed by atoms with Crippen LogP contribution in [0.5, 0.6) is 0 Å². The van der Waals surface area contributed by atoms with Crippen molar-refractivity contribution < 1.29 is 9.59 Å². The highest BCUT2D eigenvalue weighted by atomic mass is 16.2. The van der Waals surface area contributed by atoms with Crippen molar-refractivity contribution in [1.82, 2.24) is 14.7 Å². The van der Waals surface area contributed by atoms with Crippen LogP contribution in [0, 0.1) is 11.3 Å². The summed E-state index contributed by atoms with van der Waals surface area (Å²) in [5.41, 5.74) is 1.47. The van der Waals surface area contributed by atoms with Crippen molar-refractivity contribution in [3.63, 3.8) is 0 Å². The molecule has 2 aromatic rings. The van der Waals surface area contributed by atoms with E-state index in [9.17, 15) is 9.59 Å². The maximum Gasteiger partial charge on any atom is 0.322 e. The van der Waals surface area contributed by atoms with Crippen LogP contribution >= 0.6 is 0 Å². The van der Waals surface area contributed by atoms with Gasteiger partial charge in [-0.15, -0.1) is 0 Å². The molecule has 1 aromatic heterocycles. The predicted octanol–water partition coefficient (Wildman–Crippen LogP) is 4.30. The lowest BCUT2D eigenvalue weighted by Crippen LogP contribution is -2.41. The van der Waals surface area contributed by atoms with Crippen LogP contribution in [0.3, 0.4) is 0 Å². The number of nitrogens with zero attached hydrogens (tertiary/aromatic N) is 4. The van der Waals surface area contributed by atoms with Crippen LogP contribution in [0.2, 0.25) is 0 Å². The molecule has 0 unspecified atom stereocenters. The summed E-state index contributed by atoms with van der Waals surface area (Å²) < 4.78 is 1.80. The lowest BCUT2D eigenvalue weighted by atomic mass is 9.92. The molecule has 31 heavy (non-hydrogen) atoms. The molecule has 2 rings (SSSR count). The molecule has 1 heterocycles.